The Hall–Kier alpha value is -1.64. The number of fused-ring (bicyclic) bond motifs is 1. The standard InChI is InChI=1S/C16H18F2O/c1-2-3-4-5-6-11-7-8-13-12(9-11)10-14(17)16(19)15(13)18/h7-10,19H,2-6H2,1H3. The van der Waals surface area contributed by atoms with Crippen molar-refractivity contribution in [2.24, 2.45) is 0 Å². The fourth-order valence-electron chi connectivity index (χ4n) is 2.28. The zero-order valence-corrected chi connectivity index (χ0v) is 11.0. The average molecular weight is 264 g/mol. The van der Waals surface area contributed by atoms with Crippen LogP contribution in [0.15, 0.2) is 24.3 Å². The molecule has 0 fully saturated rings. The molecule has 0 aliphatic rings. The largest absolute Gasteiger partial charge is 0.503 e. The predicted octanol–water partition coefficient (Wildman–Crippen LogP) is 4.95. The number of aromatic hydroxyl groups is 1. The number of phenols is 1. The second kappa shape index (κ2) is 6.00. The summed E-state index contributed by atoms with van der Waals surface area (Å²) in [5, 5.41) is 9.99. The molecule has 2 aromatic rings. The fourth-order valence-corrected chi connectivity index (χ4v) is 2.28. The van der Waals surface area contributed by atoms with E-state index in [0.29, 0.717) is 5.39 Å². The summed E-state index contributed by atoms with van der Waals surface area (Å²) >= 11 is 0. The van der Waals surface area contributed by atoms with E-state index in [0.717, 1.165) is 18.4 Å². The number of benzene rings is 2. The summed E-state index contributed by atoms with van der Waals surface area (Å²) in [6.07, 6.45) is 5.58. The number of halogens is 2. The van der Waals surface area contributed by atoms with Gasteiger partial charge in [0.05, 0.1) is 0 Å². The maximum Gasteiger partial charge on any atom is 0.188 e. The number of hydrogen-bond donors (Lipinski definition) is 1. The van der Waals surface area contributed by atoms with Gasteiger partial charge in [-0.3, -0.25) is 0 Å². The van der Waals surface area contributed by atoms with E-state index >= 15 is 0 Å². The quantitative estimate of drug-likeness (QED) is 0.758. The molecule has 19 heavy (non-hydrogen) atoms. The Morgan fingerprint density at radius 1 is 1.05 bits per heavy atom. The van der Waals surface area contributed by atoms with Gasteiger partial charge in [-0.2, -0.15) is 0 Å². The van der Waals surface area contributed by atoms with Crippen LogP contribution in [0.5, 0.6) is 5.75 Å². The molecule has 1 N–H and O–H groups in total. The lowest BCUT2D eigenvalue weighted by atomic mass is 10.0. The van der Waals surface area contributed by atoms with Crippen molar-refractivity contribution in [1.29, 1.82) is 0 Å². The lowest BCUT2D eigenvalue weighted by Crippen LogP contribution is -1.90. The van der Waals surface area contributed by atoms with Crippen molar-refractivity contribution < 1.29 is 13.9 Å². The van der Waals surface area contributed by atoms with Gasteiger partial charge in [-0.1, -0.05) is 44.4 Å². The molecule has 0 spiro atoms. The lowest BCUT2D eigenvalue weighted by Gasteiger charge is -2.06. The van der Waals surface area contributed by atoms with Gasteiger partial charge >= 0.3 is 0 Å². The molecule has 0 aliphatic carbocycles. The topological polar surface area (TPSA) is 20.2 Å². The van der Waals surface area contributed by atoms with Gasteiger partial charge in [0, 0.05) is 5.39 Å². The second-order valence-corrected chi connectivity index (χ2v) is 4.89. The van der Waals surface area contributed by atoms with Gasteiger partial charge in [0.1, 0.15) is 0 Å². The van der Waals surface area contributed by atoms with Crippen LogP contribution in [0.3, 0.4) is 0 Å². The van der Waals surface area contributed by atoms with E-state index in [4.69, 9.17) is 0 Å². The smallest absolute Gasteiger partial charge is 0.188 e. The molecule has 0 radical (unpaired) electrons. The molecule has 0 aliphatic heterocycles. The number of aryl methyl sites for hydroxylation is 1. The number of rotatable bonds is 5. The van der Waals surface area contributed by atoms with Crippen molar-refractivity contribution >= 4 is 10.8 Å². The van der Waals surface area contributed by atoms with Gasteiger partial charge in [-0.15, -0.1) is 0 Å². The second-order valence-electron chi connectivity index (χ2n) is 4.89. The molecular formula is C16H18F2O. The summed E-state index contributed by atoms with van der Waals surface area (Å²) < 4.78 is 27.0. The number of hydrogen-bond acceptors (Lipinski definition) is 1. The first-order chi connectivity index (χ1) is 9.13. The van der Waals surface area contributed by atoms with Crippen LogP contribution < -0.4 is 0 Å². The van der Waals surface area contributed by atoms with E-state index in [9.17, 15) is 13.9 Å². The van der Waals surface area contributed by atoms with Crippen molar-refractivity contribution in [3.8, 4) is 5.75 Å². The van der Waals surface area contributed by atoms with Gasteiger partial charge in [0.2, 0.25) is 0 Å². The third kappa shape index (κ3) is 3.03. The minimum absolute atomic E-state index is 0.260. The van der Waals surface area contributed by atoms with Crippen molar-refractivity contribution in [2.45, 2.75) is 39.0 Å². The first kappa shape index (κ1) is 13.8. The first-order valence-electron chi connectivity index (χ1n) is 6.73. The summed E-state index contributed by atoms with van der Waals surface area (Å²) in [7, 11) is 0. The molecule has 0 bridgehead atoms. The van der Waals surface area contributed by atoms with Crippen LogP contribution >= 0.6 is 0 Å². The van der Waals surface area contributed by atoms with Crippen LogP contribution in [0.25, 0.3) is 10.8 Å². The molecule has 2 aromatic carbocycles. The average Bonchev–Trinajstić information content (AvgIpc) is 2.41. The Balaban J connectivity index is 2.23. The van der Waals surface area contributed by atoms with E-state index in [-0.39, 0.29) is 5.39 Å². The molecule has 2 rings (SSSR count). The SMILES string of the molecule is CCCCCCc1ccc2c(F)c(O)c(F)cc2c1. The van der Waals surface area contributed by atoms with Crippen LogP contribution in [-0.4, -0.2) is 5.11 Å². The van der Waals surface area contributed by atoms with Crippen LogP contribution in [-0.2, 0) is 6.42 Å². The van der Waals surface area contributed by atoms with Gasteiger partial charge in [0.25, 0.3) is 0 Å². The summed E-state index contributed by atoms with van der Waals surface area (Å²) in [4.78, 5) is 0. The number of phenolic OH excluding ortho intramolecular Hbond substituents is 1. The summed E-state index contributed by atoms with van der Waals surface area (Å²) in [6.45, 7) is 2.16. The van der Waals surface area contributed by atoms with Crippen LogP contribution in [0, 0.1) is 11.6 Å². The predicted molar refractivity (Wildman–Crippen MR) is 73.4 cm³/mol. The summed E-state index contributed by atoms with van der Waals surface area (Å²) in [6, 6.07) is 6.43. The Labute approximate surface area is 111 Å². The monoisotopic (exact) mass is 264 g/mol. The molecule has 0 aromatic heterocycles. The highest BCUT2D eigenvalue weighted by atomic mass is 19.1. The molecule has 0 heterocycles. The zero-order chi connectivity index (χ0) is 13.8. The van der Waals surface area contributed by atoms with Gasteiger partial charge < -0.3 is 5.11 Å². The van der Waals surface area contributed by atoms with Crippen LogP contribution in [0.4, 0.5) is 8.78 Å². The highest BCUT2D eigenvalue weighted by molar-refractivity contribution is 5.85. The molecule has 0 saturated heterocycles. The molecule has 0 saturated carbocycles. The molecule has 0 atom stereocenters. The fraction of sp³-hybridized carbons (Fsp3) is 0.375. The minimum Gasteiger partial charge on any atom is -0.503 e. The van der Waals surface area contributed by atoms with E-state index in [1.54, 1.807) is 12.1 Å². The van der Waals surface area contributed by atoms with Crippen LogP contribution in [0.1, 0.15) is 38.2 Å². The Bertz CT molecular complexity index is 578. The zero-order valence-electron chi connectivity index (χ0n) is 11.0. The molecule has 1 nitrogen and oxygen atoms in total. The molecular weight excluding hydrogens is 246 g/mol. The highest BCUT2D eigenvalue weighted by Gasteiger charge is 2.12. The normalized spacial score (nSPS) is 11.1. The molecule has 0 unspecified atom stereocenters. The first-order valence-corrected chi connectivity index (χ1v) is 6.73. The van der Waals surface area contributed by atoms with Crippen molar-refractivity contribution in [2.75, 3.05) is 0 Å². The Kier molecular flexibility index (Phi) is 4.35. The maximum absolute atomic E-state index is 13.7. The van der Waals surface area contributed by atoms with Gasteiger partial charge in [-0.05, 0) is 29.9 Å². The highest BCUT2D eigenvalue weighted by Crippen LogP contribution is 2.29. The Morgan fingerprint density at radius 2 is 1.84 bits per heavy atom. The summed E-state index contributed by atoms with van der Waals surface area (Å²) in [5.41, 5.74) is 1.08. The third-order valence-corrected chi connectivity index (χ3v) is 3.39. The van der Waals surface area contributed by atoms with E-state index in [2.05, 4.69) is 6.92 Å². The van der Waals surface area contributed by atoms with E-state index in [1.807, 2.05) is 6.07 Å². The Morgan fingerprint density at radius 3 is 2.58 bits per heavy atom. The van der Waals surface area contributed by atoms with E-state index < -0.39 is 17.4 Å². The molecule has 3 heteroatoms. The maximum atomic E-state index is 13.7. The molecule has 0 amide bonds. The molecule has 102 valence electrons. The minimum atomic E-state index is -0.909. The number of unbranched alkanes of at least 4 members (excludes halogenated alkanes) is 3. The van der Waals surface area contributed by atoms with E-state index in [1.165, 1.54) is 25.3 Å². The van der Waals surface area contributed by atoms with Gasteiger partial charge in [0.15, 0.2) is 17.4 Å². The lowest BCUT2D eigenvalue weighted by molar-refractivity contribution is 0.400. The van der Waals surface area contributed by atoms with Crippen molar-refractivity contribution in [1.82, 2.24) is 0 Å². The van der Waals surface area contributed by atoms with Crippen molar-refractivity contribution in [3.63, 3.8) is 0 Å². The van der Waals surface area contributed by atoms with Crippen molar-refractivity contribution in [3.05, 3.63) is 41.5 Å². The van der Waals surface area contributed by atoms with Crippen LogP contribution in [0.2, 0.25) is 0 Å². The van der Waals surface area contributed by atoms with Gasteiger partial charge in [-0.25, -0.2) is 8.78 Å². The third-order valence-electron chi connectivity index (χ3n) is 3.39. The summed E-state index contributed by atoms with van der Waals surface area (Å²) in [5.74, 6) is -2.69.